The van der Waals surface area contributed by atoms with Crippen LogP contribution in [0.1, 0.15) is 25.7 Å². The molecule has 0 aromatic carbocycles. The maximum atomic E-state index is 5.74. The van der Waals surface area contributed by atoms with Crippen LogP contribution in [-0.2, 0) is 0 Å². The van der Waals surface area contributed by atoms with Crippen LogP contribution >= 0.6 is 11.8 Å². The van der Waals surface area contributed by atoms with Crippen molar-refractivity contribution in [3.05, 3.63) is 0 Å². The first kappa shape index (κ1) is 14.2. The van der Waals surface area contributed by atoms with Crippen molar-refractivity contribution in [2.75, 3.05) is 36.3 Å². The minimum atomic E-state index is 0.262. The Labute approximate surface area is 118 Å². The van der Waals surface area contributed by atoms with Gasteiger partial charge in [-0.1, -0.05) is 12.8 Å². The van der Waals surface area contributed by atoms with Gasteiger partial charge in [-0.25, -0.2) is 0 Å². The van der Waals surface area contributed by atoms with Gasteiger partial charge in [-0.05, 0) is 19.1 Å². The van der Waals surface area contributed by atoms with Crippen molar-refractivity contribution < 1.29 is 0 Å². The number of nitrogens with one attached hydrogen (secondary N) is 1. The zero-order valence-corrected chi connectivity index (χ0v) is 12.6. The molecule has 0 amide bonds. The van der Waals surface area contributed by atoms with Crippen LogP contribution < -0.4 is 16.0 Å². The Morgan fingerprint density at radius 3 is 2.63 bits per heavy atom. The summed E-state index contributed by atoms with van der Waals surface area (Å²) in [7, 11) is 3.79. The molecule has 1 heterocycles. The van der Waals surface area contributed by atoms with Crippen LogP contribution in [0.4, 0.5) is 17.8 Å². The molecule has 19 heavy (non-hydrogen) atoms. The van der Waals surface area contributed by atoms with Gasteiger partial charge in [-0.2, -0.15) is 26.7 Å². The molecule has 0 saturated heterocycles. The van der Waals surface area contributed by atoms with E-state index in [-0.39, 0.29) is 5.95 Å². The van der Waals surface area contributed by atoms with Crippen molar-refractivity contribution in [3.8, 4) is 0 Å². The highest BCUT2D eigenvalue weighted by Crippen LogP contribution is 2.29. The molecule has 2 atom stereocenters. The van der Waals surface area contributed by atoms with Gasteiger partial charge in [0.05, 0.1) is 0 Å². The number of anilines is 3. The molecule has 0 spiro atoms. The Kier molecular flexibility index (Phi) is 4.68. The van der Waals surface area contributed by atoms with Crippen LogP contribution in [0.25, 0.3) is 0 Å². The van der Waals surface area contributed by atoms with E-state index in [4.69, 9.17) is 5.73 Å². The zero-order chi connectivity index (χ0) is 13.8. The molecule has 1 fully saturated rings. The van der Waals surface area contributed by atoms with Crippen molar-refractivity contribution in [2.24, 2.45) is 0 Å². The van der Waals surface area contributed by atoms with E-state index in [9.17, 15) is 0 Å². The Hall–Kier alpha value is -1.24. The molecule has 2 rings (SSSR count). The van der Waals surface area contributed by atoms with Crippen LogP contribution in [0.5, 0.6) is 0 Å². The summed E-state index contributed by atoms with van der Waals surface area (Å²) >= 11 is 1.91. The third-order valence-corrected chi connectivity index (χ3v) is 4.53. The second-order valence-corrected chi connectivity index (χ2v) is 6.10. The lowest BCUT2D eigenvalue weighted by Gasteiger charge is -2.31. The summed E-state index contributed by atoms with van der Waals surface area (Å²) < 4.78 is 0. The SMILES string of the molecule is CSC1CCCCC1Nc1nc(N)nc(N(C)C)n1. The zero-order valence-electron chi connectivity index (χ0n) is 11.8. The predicted molar refractivity (Wildman–Crippen MR) is 81.7 cm³/mol. The minimum Gasteiger partial charge on any atom is -0.368 e. The van der Waals surface area contributed by atoms with Crippen LogP contribution in [0.2, 0.25) is 0 Å². The van der Waals surface area contributed by atoms with E-state index in [1.807, 2.05) is 30.8 Å². The summed E-state index contributed by atoms with van der Waals surface area (Å²) in [6.45, 7) is 0. The first-order chi connectivity index (χ1) is 9.10. The monoisotopic (exact) mass is 282 g/mol. The van der Waals surface area contributed by atoms with Gasteiger partial charge in [0.15, 0.2) is 0 Å². The highest BCUT2D eigenvalue weighted by atomic mass is 32.2. The normalized spacial score (nSPS) is 23.1. The summed E-state index contributed by atoms with van der Waals surface area (Å²) in [5, 5.41) is 4.05. The highest BCUT2D eigenvalue weighted by molar-refractivity contribution is 7.99. The van der Waals surface area contributed by atoms with Crippen LogP contribution in [0, 0.1) is 0 Å². The van der Waals surface area contributed by atoms with Gasteiger partial charge < -0.3 is 16.0 Å². The van der Waals surface area contributed by atoms with Crippen LogP contribution in [-0.4, -0.2) is 46.6 Å². The Balaban J connectivity index is 2.13. The fourth-order valence-corrected chi connectivity index (χ4v) is 3.29. The third-order valence-electron chi connectivity index (χ3n) is 3.36. The molecule has 0 radical (unpaired) electrons. The number of thioether (sulfide) groups is 1. The molecule has 1 aromatic heterocycles. The predicted octanol–water partition coefficient (Wildman–Crippen LogP) is 1.61. The van der Waals surface area contributed by atoms with Gasteiger partial charge >= 0.3 is 0 Å². The fourth-order valence-electron chi connectivity index (χ4n) is 2.36. The number of hydrogen-bond acceptors (Lipinski definition) is 7. The molecule has 0 bridgehead atoms. The largest absolute Gasteiger partial charge is 0.368 e. The lowest BCUT2D eigenvalue weighted by molar-refractivity contribution is 0.473. The van der Waals surface area contributed by atoms with E-state index in [2.05, 4.69) is 26.5 Å². The van der Waals surface area contributed by atoms with Crippen molar-refractivity contribution in [1.82, 2.24) is 15.0 Å². The molecule has 2 unspecified atom stereocenters. The van der Waals surface area contributed by atoms with Gasteiger partial charge in [0.1, 0.15) is 0 Å². The molecular formula is C12H22N6S. The fraction of sp³-hybridized carbons (Fsp3) is 0.750. The molecule has 7 heteroatoms. The Morgan fingerprint density at radius 2 is 1.95 bits per heavy atom. The maximum Gasteiger partial charge on any atom is 0.231 e. The number of rotatable bonds is 4. The Morgan fingerprint density at radius 1 is 1.21 bits per heavy atom. The quantitative estimate of drug-likeness (QED) is 0.868. The van der Waals surface area contributed by atoms with Gasteiger partial charge in [0, 0.05) is 25.4 Å². The summed E-state index contributed by atoms with van der Waals surface area (Å²) in [4.78, 5) is 14.5. The lowest BCUT2D eigenvalue weighted by atomic mass is 9.95. The summed E-state index contributed by atoms with van der Waals surface area (Å²) in [5.41, 5.74) is 5.74. The van der Waals surface area contributed by atoms with Crippen molar-refractivity contribution in [1.29, 1.82) is 0 Å². The molecule has 1 aliphatic rings. The maximum absolute atomic E-state index is 5.74. The van der Waals surface area contributed by atoms with E-state index < -0.39 is 0 Å². The first-order valence-electron chi connectivity index (χ1n) is 6.58. The summed E-state index contributed by atoms with van der Waals surface area (Å²) in [6, 6.07) is 0.417. The van der Waals surface area contributed by atoms with Gasteiger partial charge in [-0.15, -0.1) is 0 Å². The average molecular weight is 282 g/mol. The second kappa shape index (κ2) is 6.27. The lowest BCUT2D eigenvalue weighted by Crippen LogP contribution is -2.35. The molecule has 3 N–H and O–H groups in total. The molecule has 1 aromatic rings. The smallest absolute Gasteiger partial charge is 0.231 e. The molecule has 1 saturated carbocycles. The Bertz CT molecular complexity index is 425. The number of hydrogen-bond donors (Lipinski definition) is 2. The number of aromatic nitrogens is 3. The van der Waals surface area contributed by atoms with Crippen LogP contribution in [0.15, 0.2) is 0 Å². The second-order valence-electron chi connectivity index (χ2n) is 5.02. The van der Waals surface area contributed by atoms with Crippen molar-refractivity contribution >= 4 is 29.6 Å². The molecule has 1 aliphatic carbocycles. The van der Waals surface area contributed by atoms with E-state index in [1.54, 1.807) is 0 Å². The van der Waals surface area contributed by atoms with Crippen molar-refractivity contribution in [3.63, 3.8) is 0 Å². The summed E-state index contributed by atoms with van der Waals surface area (Å²) in [5.74, 6) is 1.44. The molecule has 106 valence electrons. The van der Waals surface area contributed by atoms with Gasteiger partial charge in [0.25, 0.3) is 0 Å². The third kappa shape index (κ3) is 3.62. The number of nitrogen functional groups attached to an aromatic ring is 1. The average Bonchev–Trinajstić information content (AvgIpc) is 2.38. The van der Waals surface area contributed by atoms with Crippen molar-refractivity contribution in [2.45, 2.75) is 37.0 Å². The molecule has 6 nitrogen and oxygen atoms in total. The molecule has 0 aliphatic heterocycles. The van der Waals surface area contributed by atoms with Gasteiger partial charge in [-0.3, -0.25) is 0 Å². The van der Waals surface area contributed by atoms with Crippen LogP contribution in [0.3, 0.4) is 0 Å². The van der Waals surface area contributed by atoms with E-state index in [0.29, 0.717) is 23.2 Å². The first-order valence-corrected chi connectivity index (χ1v) is 7.87. The van der Waals surface area contributed by atoms with E-state index in [1.165, 1.54) is 19.3 Å². The number of nitrogens with zero attached hydrogens (tertiary/aromatic N) is 4. The van der Waals surface area contributed by atoms with E-state index in [0.717, 1.165) is 6.42 Å². The minimum absolute atomic E-state index is 0.262. The topological polar surface area (TPSA) is 80.0 Å². The summed E-state index contributed by atoms with van der Waals surface area (Å²) in [6.07, 6.45) is 7.15. The van der Waals surface area contributed by atoms with E-state index >= 15 is 0 Å². The standard InChI is InChI=1S/C12H22N6S/c1-18(2)12-16-10(13)15-11(17-12)14-8-6-4-5-7-9(8)19-3/h8-9H,4-7H2,1-3H3,(H3,13,14,15,16,17). The number of nitrogens with two attached hydrogens (primary N) is 1. The molecular weight excluding hydrogens is 260 g/mol. The van der Waals surface area contributed by atoms with Gasteiger partial charge in [0.2, 0.25) is 17.8 Å². The highest BCUT2D eigenvalue weighted by Gasteiger charge is 2.25.